The van der Waals surface area contributed by atoms with Crippen molar-refractivity contribution in [1.29, 1.82) is 0 Å². The summed E-state index contributed by atoms with van der Waals surface area (Å²) >= 11 is 0. The quantitative estimate of drug-likeness (QED) is 0.862. The van der Waals surface area contributed by atoms with Gasteiger partial charge in [-0.25, -0.2) is 9.78 Å². The van der Waals surface area contributed by atoms with Crippen LogP contribution in [-0.4, -0.2) is 25.4 Å². The molecule has 3 rings (SSSR count). The molecule has 1 atom stereocenters. The fourth-order valence-electron chi connectivity index (χ4n) is 2.77. The van der Waals surface area contributed by atoms with Gasteiger partial charge in [-0.2, -0.15) is 18.3 Å². The van der Waals surface area contributed by atoms with E-state index in [9.17, 15) is 18.0 Å². The predicted molar refractivity (Wildman–Crippen MR) is 82.3 cm³/mol. The summed E-state index contributed by atoms with van der Waals surface area (Å²) in [4.78, 5) is 16.4. The van der Waals surface area contributed by atoms with E-state index in [0.717, 1.165) is 29.5 Å². The highest BCUT2D eigenvalue weighted by atomic mass is 19.4. The Labute approximate surface area is 142 Å². The lowest BCUT2D eigenvalue weighted by molar-refractivity contribution is -0.138. The maximum absolute atomic E-state index is 12.9. The van der Waals surface area contributed by atoms with E-state index >= 15 is 0 Å². The van der Waals surface area contributed by atoms with Crippen LogP contribution in [0, 0.1) is 5.92 Å². The number of nitrogens with zero attached hydrogens (tertiary/aromatic N) is 4. The van der Waals surface area contributed by atoms with E-state index in [1.807, 2.05) is 11.6 Å². The van der Waals surface area contributed by atoms with Gasteiger partial charge in [0.05, 0.1) is 30.0 Å². The van der Waals surface area contributed by atoms with E-state index in [-0.39, 0.29) is 18.3 Å². The van der Waals surface area contributed by atoms with Gasteiger partial charge < -0.3 is 15.2 Å². The first-order chi connectivity index (χ1) is 11.8. The topological polar surface area (TPSA) is 76.8 Å². The van der Waals surface area contributed by atoms with E-state index < -0.39 is 17.8 Å². The largest absolute Gasteiger partial charge is 0.419 e. The van der Waals surface area contributed by atoms with Gasteiger partial charge in [-0.3, -0.25) is 4.68 Å². The summed E-state index contributed by atoms with van der Waals surface area (Å²) < 4.78 is 41.8. The molecule has 0 radical (unpaired) electrons. The average molecular weight is 356 g/mol. The van der Waals surface area contributed by atoms with Crippen molar-refractivity contribution in [2.45, 2.75) is 31.6 Å². The molecule has 2 amide bonds. The summed E-state index contributed by atoms with van der Waals surface area (Å²) in [6, 6.07) is -0.789. The van der Waals surface area contributed by atoms with Gasteiger partial charge in [0.1, 0.15) is 5.82 Å². The molecule has 10 heteroatoms. The van der Waals surface area contributed by atoms with Gasteiger partial charge in [0.25, 0.3) is 0 Å². The van der Waals surface area contributed by atoms with Crippen molar-refractivity contribution < 1.29 is 18.0 Å². The van der Waals surface area contributed by atoms with Crippen molar-refractivity contribution in [3.63, 3.8) is 0 Å². The smallest absolute Gasteiger partial charge is 0.336 e. The minimum atomic E-state index is -4.51. The zero-order valence-electron chi connectivity index (χ0n) is 13.8. The van der Waals surface area contributed by atoms with Crippen LogP contribution in [0.2, 0.25) is 0 Å². The van der Waals surface area contributed by atoms with Gasteiger partial charge in [0.15, 0.2) is 0 Å². The van der Waals surface area contributed by atoms with Crippen LogP contribution >= 0.6 is 0 Å². The van der Waals surface area contributed by atoms with Gasteiger partial charge in [0, 0.05) is 26.5 Å². The normalized spacial score (nSPS) is 15.9. The Bertz CT molecular complexity index is 762. The Morgan fingerprint density at radius 2 is 2.12 bits per heavy atom. The minimum absolute atomic E-state index is 0.0948. The number of hydrogen-bond acceptors (Lipinski definition) is 3. The first kappa shape index (κ1) is 17.3. The molecule has 2 aromatic rings. The maximum Gasteiger partial charge on any atom is 0.419 e. The number of aromatic nitrogens is 4. The van der Waals surface area contributed by atoms with Crippen LogP contribution in [0.15, 0.2) is 18.6 Å². The van der Waals surface area contributed by atoms with Crippen LogP contribution in [-0.2, 0) is 26.8 Å². The third kappa shape index (κ3) is 3.77. The van der Waals surface area contributed by atoms with Crippen molar-refractivity contribution in [1.82, 2.24) is 30.0 Å². The third-order valence-electron chi connectivity index (χ3n) is 4.30. The lowest BCUT2D eigenvalue weighted by Gasteiger charge is -2.19. The van der Waals surface area contributed by atoms with Crippen molar-refractivity contribution >= 4 is 6.03 Å². The monoisotopic (exact) mass is 356 g/mol. The fourth-order valence-corrected chi connectivity index (χ4v) is 2.77. The molecule has 0 aromatic carbocycles. The highest BCUT2D eigenvalue weighted by Crippen LogP contribution is 2.40. The molecule has 1 saturated carbocycles. The number of carbonyl (C=O) groups excluding carboxylic acids is 1. The van der Waals surface area contributed by atoms with Gasteiger partial charge >= 0.3 is 12.2 Å². The SMILES string of the molecule is Cn1ccnc1C(NC(=O)NCc1c(C(F)(F)F)cnn1C)C1CC1. The Morgan fingerprint density at radius 3 is 2.68 bits per heavy atom. The first-order valence-corrected chi connectivity index (χ1v) is 7.87. The molecule has 136 valence electrons. The highest BCUT2D eigenvalue weighted by molar-refractivity contribution is 5.74. The zero-order valence-corrected chi connectivity index (χ0v) is 13.8. The third-order valence-corrected chi connectivity index (χ3v) is 4.30. The molecule has 2 aromatic heterocycles. The van der Waals surface area contributed by atoms with Crippen LogP contribution < -0.4 is 10.6 Å². The van der Waals surface area contributed by atoms with Gasteiger partial charge in [-0.15, -0.1) is 0 Å². The molecule has 7 nitrogen and oxygen atoms in total. The molecule has 0 bridgehead atoms. The van der Waals surface area contributed by atoms with E-state index in [2.05, 4.69) is 20.7 Å². The second kappa shape index (κ2) is 6.41. The predicted octanol–water partition coefficient (Wildman–Crippen LogP) is 2.12. The van der Waals surface area contributed by atoms with Gasteiger partial charge in [-0.05, 0) is 18.8 Å². The molecule has 1 aliphatic rings. The molecule has 1 fully saturated rings. The molecule has 0 saturated heterocycles. The zero-order chi connectivity index (χ0) is 18.2. The highest BCUT2D eigenvalue weighted by Gasteiger charge is 2.37. The van der Waals surface area contributed by atoms with Crippen LogP contribution in [0.25, 0.3) is 0 Å². The summed E-state index contributed by atoms with van der Waals surface area (Å²) in [5, 5.41) is 8.93. The summed E-state index contributed by atoms with van der Waals surface area (Å²) in [5.74, 6) is 1.03. The van der Waals surface area contributed by atoms with Crippen LogP contribution in [0.1, 0.15) is 36.0 Å². The summed E-state index contributed by atoms with van der Waals surface area (Å²) in [7, 11) is 3.24. The number of rotatable bonds is 5. The molecule has 25 heavy (non-hydrogen) atoms. The molecular formula is C15H19F3N6O. The lowest BCUT2D eigenvalue weighted by atomic mass is 10.1. The number of amides is 2. The Hall–Kier alpha value is -2.52. The first-order valence-electron chi connectivity index (χ1n) is 7.87. The maximum atomic E-state index is 12.9. The molecule has 0 spiro atoms. The van der Waals surface area contributed by atoms with Crippen molar-refractivity contribution in [3.8, 4) is 0 Å². The second-order valence-electron chi connectivity index (χ2n) is 6.16. The number of urea groups is 1. The number of carbonyl (C=O) groups is 1. The fraction of sp³-hybridized carbons (Fsp3) is 0.533. The van der Waals surface area contributed by atoms with Crippen molar-refractivity contribution in [3.05, 3.63) is 35.7 Å². The van der Waals surface area contributed by atoms with Crippen LogP contribution in [0.5, 0.6) is 0 Å². The molecule has 0 aliphatic heterocycles. The summed E-state index contributed by atoms with van der Waals surface area (Å²) in [6.45, 7) is -0.269. The van der Waals surface area contributed by atoms with Crippen LogP contribution in [0.4, 0.5) is 18.0 Å². The van der Waals surface area contributed by atoms with Crippen LogP contribution in [0.3, 0.4) is 0 Å². The molecule has 1 unspecified atom stereocenters. The lowest BCUT2D eigenvalue weighted by Crippen LogP contribution is -2.39. The Morgan fingerprint density at radius 1 is 1.40 bits per heavy atom. The number of alkyl halides is 3. The minimum Gasteiger partial charge on any atom is -0.336 e. The van der Waals surface area contributed by atoms with Gasteiger partial charge in [-0.1, -0.05) is 0 Å². The molecule has 1 aliphatic carbocycles. The number of nitrogens with one attached hydrogen (secondary N) is 2. The second-order valence-corrected chi connectivity index (χ2v) is 6.16. The van der Waals surface area contributed by atoms with E-state index in [4.69, 9.17) is 0 Å². The number of imidazole rings is 1. The van der Waals surface area contributed by atoms with Gasteiger partial charge in [0.2, 0.25) is 0 Å². The Balaban J connectivity index is 1.65. The summed E-state index contributed by atoms with van der Waals surface area (Å²) in [6.07, 6.45) is 1.65. The standard InChI is InChI=1S/C15H19F3N6O/c1-23-6-5-19-13(23)12(9-3-4-9)22-14(25)20-8-11-10(15(16,17)18)7-21-24(11)2/h5-7,9,12H,3-4,8H2,1-2H3,(H2,20,22,25). The van der Waals surface area contributed by atoms with E-state index in [0.29, 0.717) is 5.92 Å². The number of halogens is 3. The number of aryl methyl sites for hydroxylation is 2. The average Bonchev–Trinajstić information content (AvgIpc) is 3.17. The molecule has 2 heterocycles. The molecular weight excluding hydrogens is 337 g/mol. The summed E-state index contributed by atoms with van der Waals surface area (Å²) in [5.41, 5.74) is -0.944. The number of hydrogen-bond donors (Lipinski definition) is 2. The van der Waals surface area contributed by atoms with Crippen molar-refractivity contribution in [2.24, 2.45) is 20.0 Å². The van der Waals surface area contributed by atoms with Crippen molar-refractivity contribution in [2.75, 3.05) is 0 Å². The van der Waals surface area contributed by atoms with E-state index in [1.165, 1.54) is 7.05 Å². The Kier molecular flexibility index (Phi) is 4.44. The molecule has 2 N–H and O–H groups in total. The van der Waals surface area contributed by atoms with E-state index in [1.54, 1.807) is 12.4 Å².